The lowest BCUT2D eigenvalue weighted by Gasteiger charge is -2.34. The highest BCUT2D eigenvalue weighted by atomic mass is 35.5. The van der Waals surface area contributed by atoms with Gasteiger partial charge in [-0.3, -0.25) is 15.1 Å². The SMILES string of the molecule is COc1cccc([C@@H]2N=c3ccccc3=C3C(=O)NC(SCc4ccc(Cl)cc4)=NN32)c1. The molecule has 1 N–H and O–H groups in total. The van der Waals surface area contributed by atoms with E-state index in [0.29, 0.717) is 21.6 Å². The van der Waals surface area contributed by atoms with Crippen molar-refractivity contribution < 1.29 is 9.53 Å². The van der Waals surface area contributed by atoms with Gasteiger partial charge in [-0.25, -0.2) is 5.01 Å². The maximum Gasteiger partial charge on any atom is 0.276 e. The molecule has 32 heavy (non-hydrogen) atoms. The molecule has 0 bridgehead atoms. The number of fused-ring (bicyclic) bond motifs is 2. The quantitative estimate of drug-likeness (QED) is 0.645. The van der Waals surface area contributed by atoms with Crippen LogP contribution in [0.3, 0.4) is 0 Å². The number of ether oxygens (including phenoxy) is 1. The predicted molar refractivity (Wildman–Crippen MR) is 127 cm³/mol. The van der Waals surface area contributed by atoms with Crippen LogP contribution in [0.2, 0.25) is 5.02 Å². The van der Waals surface area contributed by atoms with Gasteiger partial charge in [-0.05, 0) is 35.9 Å². The Hall–Kier alpha value is -3.29. The number of benzene rings is 3. The Kier molecular flexibility index (Phi) is 5.59. The summed E-state index contributed by atoms with van der Waals surface area (Å²) in [6.07, 6.45) is -0.479. The first-order valence-corrected chi connectivity index (χ1v) is 11.4. The van der Waals surface area contributed by atoms with Crippen LogP contribution in [0.4, 0.5) is 0 Å². The molecule has 0 aromatic heterocycles. The fourth-order valence-corrected chi connectivity index (χ4v) is 4.58. The van der Waals surface area contributed by atoms with Gasteiger partial charge in [0.25, 0.3) is 5.91 Å². The van der Waals surface area contributed by atoms with Crippen molar-refractivity contribution in [2.24, 2.45) is 10.1 Å². The van der Waals surface area contributed by atoms with Crippen LogP contribution in [0, 0.1) is 0 Å². The van der Waals surface area contributed by atoms with Crippen LogP contribution in [0.1, 0.15) is 17.3 Å². The first kappa shape index (κ1) is 20.6. The number of hydrogen-bond donors (Lipinski definition) is 1. The van der Waals surface area contributed by atoms with E-state index in [2.05, 4.69) is 5.32 Å². The maximum atomic E-state index is 13.2. The van der Waals surface area contributed by atoms with E-state index in [9.17, 15) is 4.79 Å². The number of methoxy groups -OCH3 is 1. The average Bonchev–Trinajstić information content (AvgIpc) is 2.83. The lowest BCUT2D eigenvalue weighted by molar-refractivity contribution is -0.116. The molecule has 160 valence electrons. The first-order valence-electron chi connectivity index (χ1n) is 10.00. The average molecular weight is 463 g/mol. The zero-order valence-electron chi connectivity index (χ0n) is 17.2. The van der Waals surface area contributed by atoms with E-state index in [-0.39, 0.29) is 5.91 Å². The molecule has 2 aliphatic rings. The number of thioether (sulfide) groups is 1. The van der Waals surface area contributed by atoms with Gasteiger partial charge in [0, 0.05) is 21.6 Å². The van der Waals surface area contributed by atoms with E-state index in [1.807, 2.05) is 72.8 Å². The molecule has 0 fully saturated rings. The number of halogens is 1. The lowest BCUT2D eigenvalue weighted by Crippen LogP contribution is -2.50. The van der Waals surface area contributed by atoms with E-state index >= 15 is 0 Å². The van der Waals surface area contributed by atoms with Crippen LogP contribution in [0.25, 0.3) is 5.70 Å². The van der Waals surface area contributed by atoms with Crippen molar-refractivity contribution in [1.82, 2.24) is 10.3 Å². The number of rotatable bonds is 4. The number of carbonyl (C=O) groups is 1. The zero-order chi connectivity index (χ0) is 22.1. The van der Waals surface area contributed by atoms with Gasteiger partial charge in [0.1, 0.15) is 11.4 Å². The van der Waals surface area contributed by atoms with Crippen molar-refractivity contribution in [3.05, 3.63) is 99.5 Å². The zero-order valence-corrected chi connectivity index (χ0v) is 18.7. The van der Waals surface area contributed by atoms with Crippen molar-refractivity contribution in [3.8, 4) is 5.75 Å². The molecule has 3 aromatic rings. The van der Waals surface area contributed by atoms with Crippen molar-refractivity contribution in [1.29, 1.82) is 0 Å². The Morgan fingerprint density at radius 2 is 1.91 bits per heavy atom. The second-order valence-electron chi connectivity index (χ2n) is 7.26. The summed E-state index contributed by atoms with van der Waals surface area (Å²) in [6.45, 7) is 0. The molecule has 2 heterocycles. The summed E-state index contributed by atoms with van der Waals surface area (Å²) in [5.41, 5.74) is 2.46. The van der Waals surface area contributed by atoms with Gasteiger partial charge in [0.05, 0.1) is 12.5 Å². The standard InChI is InChI=1S/C24H19ClN4O2S/c1-31-18-6-4-5-16(13-18)22-26-20-8-3-2-7-19(20)21-23(30)27-24(28-29(21)22)32-14-15-9-11-17(25)12-10-15/h2-13,22H,14H2,1H3,(H,27,28,30)/t22-/m1/s1. The fraction of sp³-hybridized carbons (Fsp3) is 0.125. The third-order valence-corrected chi connectivity index (χ3v) is 6.38. The fourth-order valence-electron chi connectivity index (χ4n) is 3.64. The Bertz CT molecular complexity index is 1340. The van der Waals surface area contributed by atoms with E-state index in [0.717, 1.165) is 27.5 Å². The normalized spacial score (nSPS) is 17.0. The molecule has 0 unspecified atom stereocenters. The van der Waals surface area contributed by atoms with Crippen LogP contribution in [-0.2, 0) is 10.5 Å². The van der Waals surface area contributed by atoms with Gasteiger partial charge in [-0.15, -0.1) is 5.10 Å². The molecule has 0 saturated heterocycles. The van der Waals surface area contributed by atoms with Crippen LogP contribution < -0.4 is 20.6 Å². The maximum absolute atomic E-state index is 13.2. The number of carbonyl (C=O) groups excluding carboxylic acids is 1. The number of amidine groups is 1. The number of hydrazone groups is 1. The molecule has 0 aliphatic carbocycles. The van der Waals surface area contributed by atoms with Crippen LogP contribution in [0.15, 0.2) is 82.9 Å². The van der Waals surface area contributed by atoms with Gasteiger partial charge in [0.2, 0.25) is 0 Å². The van der Waals surface area contributed by atoms with Gasteiger partial charge in [0.15, 0.2) is 11.3 Å². The second kappa shape index (κ2) is 8.68. The van der Waals surface area contributed by atoms with Gasteiger partial charge in [-0.2, -0.15) is 0 Å². The summed E-state index contributed by atoms with van der Waals surface area (Å²) in [4.78, 5) is 18.1. The molecule has 5 rings (SSSR count). The Labute approximate surface area is 194 Å². The minimum Gasteiger partial charge on any atom is -0.497 e. The summed E-state index contributed by atoms with van der Waals surface area (Å²) in [5, 5.41) is 12.2. The van der Waals surface area contributed by atoms with Crippen LogP contribution >= 0.6 is 23.4 Å². The lowest BCUT2D eigenvalue weighted by atomic mass is 10.1. The summed E-state index contributed by atoms with van der Waals surface area (Å²) in [7, 11) is 1.63. The number of para-hydroxylation sites is 1. The summed E-state index contributed by atoms with van der Waals surface area (Å²) < 4.78 is 5.39. The molecule has 1 amide bonds. The summed E-state index contributed by atoms with van der Waals surface area (Å²) >= 11 is 7.43. The Morgan fingerprint density at radius 3 is 2.72 bits per heavy atom. The molecule has 6 nitrogen and oxygen atoms in total. The number of nitrogens with one attached hydrogen (secondary N) is 1. The minimum absolute atomic E-state index is 0.200. The van der Waals surface area contributed by atoms with Crippen LogP contribution in [-0.4, -0.2) is 23.2 Å². The van der Waals surface area contributed by atoms with Crippen LogP contribution in [0.5, 0.6) is 5.75 Å². The van der Waals surface area contributed by atoms with Crippen molar-refractivity contribution >= 4 is 40.1 Å². The minimum atomic E-state index is -0.479. The highest BCUT2D eigenvalue weighted by Gasteiger charge is 2.34. The summed E-state index contributed by atoms with van der Waals surface area (Å²) in [5.74, 6) is 1.17. The number of amides is 1. The van der Waals surface area contributed by atoms with E-state index < -0.39 is 6.17 Å². The molecular weight excluding hydrogens is 444 g/mol. The van der Waals surface area contributed by atoms with E-state index in [1.54, 1.807) is 12.1 Å². The first-order chi connectivity index (χ1) is 15.6. The number of hydrogen-bond acceptors (Lipinski definition) is 6. The van der Waals surface area contributed by atoms with Crippen molar-refractivity contribution in [2.45, 2.75) is 11.9 Å². The third kappa shape index (κ3) is 3.97. The smallest absolute Gasteiger partial charge is 0.276 e. The van der Waals surface area contributed by atoms with Gasteiger partial charge < -0.3 is 4.74 Å². The number of nitrogens with zero attached hydrogens (tertiary/aromatic N) is 3. The topological polar surface area (TPSA) is 66.3 Å². The highest BCUT2D eigenvalue weighted by Crippen LogP contribution is 2.32. The monoisotopic (exact) mass is 462 g/mol. The largest absolute Gasteiger partial charge is 0.497 e. The van der Waals surface area contributed by atoms with E-state index in [1.165, 1.54) is 11.8 Å². The third-order valence-electron chi connectivity index (χ3n) is 5.20. The van der Waals surface area contributed by atoms with E-state index in [4.69, 9.17) is 26.4 Å². The molecule has 0 radical (unpaired) electrons. The second-order valence-corrected chi connectivity index (χ2v) is 8.66. The highest BCUT2D eigenvalue weighted by molar-refractivity contribution is 8.13. The molecule has 1 atom stereocenters. The predicted octanol–water partition coefficient (Wildman–Crippen LogP) is 3.43. The Balaban J connectivity index is 1.55. The molecule has 0 saturated carbocycles. The van der Waals surface area contributed by atoms with Gasteiger partial charge >= 0.3 is 0 Å². The van der Waals surface area contributed by atoms with Crippen molar-refractivity contribution in [3.63, 3.8) is 0 Å². The molecule has 2 aliphatic heterocycles. The summed E-state index contributed by atoms with van der Waals surface area (Å²) in [6, 6.07) is 22.9. The molecule has 3 aromatic carbocycles. The molecular formula is C24H19ClN4O2S. The molecule has 8 heteroatoms. The van der Waals surface area contributed by atoms with Gasteiger partial charge in [-0.1, -0.05) is 65.8 Å². The van der Waals surface area contributed by atoms with Crippen molar-refractivity contribution in [2.75, 3.05) is 7.11 Å². The molecule has 0 spiro atoms. The Morgan fingerprint density at radius 1 is 1.09 bits per heavy atom.